The number of anilines is 3. The summed E-state index contributed by atoms with van der Waals surface area (Å²) in [5.41, 5.74) is 26.2. The Morgan fingerprint density at radius 1 is 0.385 bits per heavy atom. The van der Waals surface area contributed by atoms with Crippen LogP contribution in [0.3, 0.4) is 0 Å². The van der Waals surface area contributed by atoms with Crippen LogP contribution in [0.5, 0.6) is 0 Å². The summed E-state index contributed by atoms with van der Waals surface area (Å²) in [5, 5.41) is 2.56. The van der Waals surface area contributed by atoms with Gasteiger partial charge < -0.3 is 9.47 Å². The second-order valence-electron chi connectivity index (χ2n) is 25.2. The molecule has 5 aliphatic carbocycles. The second-order valence-corrected chi connectivity index (χ2v) is 25.2. The van der Waals surface area contributed by atoms with Crippen LogP contribution >= 0.6 is 0 Å². The number of fused-ring (bicyclic) bond motifs is 15. The van der Waals surface area contributed by atoms with E-state index in [1.165, 1.54) is 131 Å². The molecule has 11 aromatic rings. The predicted molar refractivity (Wildman–Crippen MR) is 325 cm³/mol. The van der Waals surface area contributed by atoms with Gasteiger partial charge in [-0.2, -0.15) is 0 Å². The van der Waals surface area contributed by atoms with Gasteiger partial charge in [0.1, 0.15) is 0 Å². The molecule has 1 heterocycles. The Kier molecular flexibility index (Phi) is 9.67. The van der Waals surface area contributed by atoms with E-state index in [-0.39, 0.29) is 16.2 Å². The lowest BCUT2D eigenvalue weighted by Crippen LogP contribution is -2.58. The minimum Gasteiger partial charge on any atom is -0.310 e. The van der Waals surface area contributed by atoms with E-state index >= 15 is 0 Å². The molecular weight excluding hydrogens is 941 g/mol. The minimum absolute atomic E-state index is 0.148. The van der Waals surface area contributed by atoms with Gasteiger partial charge in [0, 0.05) is 44.4 Å². The van der Waals surface area contributed by atoms with Crippen LogP contribution in [0.15, 0.2) is 231 Å². The first kappa shape index (κ1) is 45.9. The largest absolute Gasteiger partial charge is 0.310 e. The fourth-order valence-corrected chi connectivity index (χ4v) is 17.3. The Morgan fingerprint density at radius 3 is 1.42 bits per heavy atom. The van der Waals surface area contributed by atoms with Crippen molar-refractivity contribution in [1.82, 2.24) is 4.57 Å². The van der Waals surface area contributed by atoms with Crippen molar-refractivity contribution in [3.63, 3.8) is 0 Å². The number of benzene rings is 10. The van der Waals surface area contributed by atoms with Gasteiger partial charge in [-0.05, 0) is 187 Å². The third kappa shape index (κ3) is 6.15. The first-order chi connectivity index (χ1) is 38.1. The van der Waals surface area contributed by atoms with Gasteiger partial charge in [0.25, 0.3) is 0 Å². The molecule has 78 heavy (non-hydrogen) atoms. The molecule has 10 aromatic carbocycles. The number of hydrogen-bond acceptors (Lipinski definition) is 1. The van der Waals surface area contributed by atoms with Gasteiger partial charge in [-0.15, -0.1) is 0 Å². The van der Waals surface area contributed by atoms with E-state index in [1.54, 1.807) is 11.1 Å². The van der Waals surface area contributed by atoms with Crippen LogP contribution in [-0.4, -0.2) is 4.57 Å². The number of hydrogen-bond donors (Lipinski definition) is 0. The fourth-order valence-electron chi connectivity index (χ4n) is 17.3. The van der Waals surface area contributed by atoms with Crippen molar-refractivity contribution < 1.29 is 0 Å². The zero-order valence-electron chi connectivity index (χ0n) is 45.4. The highest BCUT2D eigenvalue weighted by Crippen LogP contribution is 2.71. The summed E-state index contributed by atoms with van der Waals surface area (Å²) in [6.07, 6.45) is 4.92. The summed E-state index contributed by atoms with van der Waals surface area (Å²) in [7, 11) is 0. The van der Waals surface area contributed by atoms with Crippen LogP contribution in [0.4, 0.5) is 17.1 Å². The van der Waals surface area contributed by atoms with Crippen LogP contribution in [0.2, 0.25) is 0 Å². The topological polar surface area (TPSA) is 8.17 Å². The third-order valence-corrected chi connectivity index (χ3v) is 20.1. The molecule has 2 nitrogen and oxygen atoms in total. The van der Waals surface area contributed by atoms with Crippen LogP contribution in [0.25, 0.3) is 60.9 Å². The molecule has 0 saturated heterocycles. The molecule has 2 saturated carbocycles. The van der Waals surface area contributed by atoms with Gasteiger partial charge in [-0.3, -0.25) is 0 Å². The highest BCUT2D eigenvalue weighted by molar-refractivity contribution is 6.09. The number of para-hydroxylation sites is 2. The number of nitrogens with zero attached hydrogens (tertiary/aromatic N) is 2. The minimum atomic E-state index is -0.456. The molecule has 2 fully saturated rings. The Bertz CT molecular complexity index is 4140. The van der Waals surface area contributed by atoms with E-state index in [0.717, 1.165) is 5.69 Å². The zero-order chi connectivity index (χ0) is 52.3. The highest BCUT2D eigenvalue weighted by atomic mass is 15.1. The molecule has 16 rings (SSSR count). The molecule has 2 spiro atoms. The van der Waals surface area contributed by atoms with Gasteiger partial charge in [0.2, 0.25) is 0 Å². The summed E-state index contributed by atoms with van der Waals surface area (Å²) in [6, 6.07) is 88.8. The highest BCUT2D eigenvalue weighted by Gasteiger charge is 2.63. The van der Waals surface area contributed by atoms with Crippen molar-refractivity contribution in [3.8, 4) is 39.1 Å². The smallest absolute Gasteiger partial charge is 0.0719 e. The predicted octanol–water partition coefficient (Wildman–Crippen LogP) is 19.7. The summed E-state index contributed by atoms with van der Waals surface area (Å²) >= 11 is 0. The van der Waals surface area contributed by atoms with Gasteiger partial charge in [-0.25, -0.2) is 0 Å². The third-order valence-electron chi connectivity index (χ3n) is 20.1. The normalized spacial score (nSPS) is 21.2. The lowest BCUT2D eigenvalue weighted by atomic mass is 9.40. The van der Waals surface area contributed by atoms with Crippen molar-refractivity contribution in [2.75, 3.05) is 4.90 Å². The summed E-state index contributed by atoms with van der Waals surface area (Å²) in [5.74, 6) is 1.69. The van der Waals surface area contributed by atoms with Gasteiger partial charge in [0.15, 0.2) is 0 Å². The van der Waals surface area contributed by atoms with Crippen molar-refractivity contribution in [2.24, 2.45) is 23.2 Å². The molecule has 1 aromatic heterocycles. The molecule has 0 radical (unpaired) electrons. The molecule has 378 valence electrons. The van der Waals surface area contributed by atoms with Crippen LogP contribution in [0, 0.1) is 23.2 Å². The molecule has 2 bridgehead atoms. The standard InChI is InChI=1S/C76H64N2/c1-48-42-51-46-73(2,3)47-52(43-48)75(51)66-26-14-15-27-67(66)76(64-24-12-7-19-58(64)59-20-8-13-25-65(59)76)68-41-39-56(45-70(68)75)77(55-38-40-60-57-18-6-11-23-63(57)74(4,5)69(60)44-55)53-34-30-49(31-35-53)50-32-36-54(37-33-50)78-71-28-16-9-21-61(71)62-22-10-17-29-72(62)78/h6-41,44-45,48,51-52H,42-43,46-47H2,1-5H3/t48-,51+,52-,75?. The van der Waals surface area contributed by atoms with Gasteiger partial charge >= 0.3 is 0 Å². The molecule has 5 aliphatic rings. The Balaban J connectivity index is 0.903. The van der Waals surface area contributed by atoms with Crippen LogP contribution < -0.4 is 4.90 Å². The van der Waals surface area contributed by atoms with E-state index in [1.807, 2.05) is 0 Å². The van der Waals surface area contributed by atoms with Crippen molar-refractivity contribution in [3.05, 3.63) is 275 Å². The van der Waals surface area contributed by atoms with Crippen LogP contribution in [-0.2, 0) is 16.2 Å². The fraction of sp³-hybridized carbons (Fsp3) is 0.211. The lowest BCUT2D eigenvalue weighted by Gasteiger charge is -2.63. The molecule has 0 aliphatic heterocycles. The molecule has 0 N–H and O–H groups in total. The zero-order valence-corrected chi connectivity index (χ0v) is 45.4. The van der Waals surface area contributed by atoms with Crippen molar-refractivity contribution in [2.45, 2.75) is 76.5 Å². The molecule has 0 amide bonds. The van der Waals surface area contributed by atoms with Gasteiger partial charge in [-0.1, -0.05) is 204 Å². The average molecular weight is 1010 g/mol. The molecule has 2 heteroatoms. The maximum absolute atomic E-state index is 2.72. The molecular formula is C76H64N2. The van der Waals surface area contributed by atoms with E-state index < -0.39 is 5.41 Å². The Labute approximate surface area is 459 Å². The number of aromatic nitrogens is 1. The summed E-state index contributed by atoms with van der Waals surface area (Å²) < 4.78 is 2.40. The molecule has 4 atom stereocenters. The Hall–Kier alpha value is -8.20. The maximum atomic E-state index is 2.72. The van der Waals surface area contributed by atoms with Gasteiger partial charge in [0.05, 0.1) is 16.4 Å². The van der Waals surface area contributed by atoms with E-state index in [4.69, 9.17) is 0 Å². The van der Waals surface area contributed by atoms with E-state index in [0.29, 0.717) is 17.8 Å². The monoisotopic (exact) mass is 1000 g/mol. The first-order valence-corrected chi connectivity index (χ1v) is 28.7. The van der Waals surface area contributed by atoms with Crippen molar-refractivity contribution in [1.29, 1.82) is 0 Å². The maximum Gasteiger partial charge on any atom is 0.0719 e. The number of rotatable bonds is 5. The van der Waals surface area contributed by atoms with E-state index in [9.17, 15) is 0 Å². The lowest BCUT2D eigenvalue weighted by molar-refractivity contribution is -0.0137. The van der Waals surface area contributed by atoms with Crippen molar-refractivity contribution >= 4 is 38.9 Å². The second kappa shape index (κ2) is 16.4. The summed E-state index contributed by atoms with van der Waals surface area (Å²) in [6.45, 7) is 12.5. The Morgan fingerprint density at radius 2 is 0.821 bits per heavy atom. The first-order valence-electron chi connectivity index (χ1n) is 28.7. The SMILES string of the molecule is C[C@H]1C[C@@H]2CC(C)(C)C[C@H](C1)C21c2ccccc2C2(c3ccccc3-c3ccccc32)c2ccc(N(c3ccc(-c4ccc(-n5c6ccccc6c6ccccc65)cc4)cc3)c3ccc4c(c3)C(C)(C)c3ccccc3-4)cc21. The molecule has 1 unspecified atom stereocenters. The van der Waals surface area contributed by atoms with E-state index in [2.05, 4.69) is 275 Å². The average Bonchev–Trinajstić information content (AvgIpc) is 2.64. The quantitative estimate of drug-likeness (QED) is 0.167. The van der Waals surface area contributed by atoms with Crippen LogP contribution in [0.1, 0.15) is 105 Å². The summed E-state index contributed by atoms with van der Waals surface area (Å²) in [4.78, 5) is 2.59.